The third-order valence-corrected chi connectivity index (χ3v) is 2.05. The molecule has 0 N–H and O–H groups in total. The lowest BCUT2D eigenvalue weighted by molar-refractivity contribution is -0.384. The molecule has 1 aromatic carbocycles. The molecule has 0 atom stereocenters. The molecule has 0 aliphatic heterocycles. The van der Waals surface area contributed by atoms with Gasteiger partial charge < -0.3 is 9.47 Å². The van der Waals surface area contributed by atoms with Crippen molar-refractivity contribution in [2.75, 3.05) is 0 Å². The van der Waals surface area contributed by atoms with Crippen LogP contribution in [0.1, 0.15) is 0 Å². The molecule has 1 aromatic rings. The van der Waals surface area contributed by atoms with E-state index in [0.717, 1.165) is 0 Å². The molecule has 0 unspecified atom stereocenters. The number of alkyl halides is 2. The lowest BCUT2D eigenvalue weighted by Gasteiger charge is -2.12. The van der Waals surface area contributed by atoms with Crippen LogP contribution in [0.5, 0.6) is 5.75 Å². The van der Waals surface area contributed by atoms with Gasteiger partial charge in [0, 0.05) is 12.1 Å². The van der Waals surface area contributed by atoms with Gasteiger partial charge in [0.1, 0.15) is 5.75 Å². The van der Waals surface area contributed by atoms with Crippen molar-refractivity contribution in [3.05, 3.63) is 71.2 Å². The van der Waals surface area contributed by atoms with E-state index >= 15 is 0 Å². The van der Waals surface area contributed by atoms with Crippen LogP contribution < -0.4 is 4.74 Å². The van der Waals surface area contributed by atoms with Gasteiger partial charge in [0.15, 0.2) is 11.5 Å². The average molecular weight is 283 g/mol. The van der Waals surface area contributed by atoms with Gasteiger partial charge in [0.05, 0.1) is 4.92 Å². The van der Waals surface area contributed by atoms with Crippen LogP contribution in [0.3, 0.4) is 0 Å². The van der Waals surface area contributed by atoms with E-state index in [1.165, 1.54) is 36.4 Å². The van der Waals surface area contributed by atoms with Crippen LogP contribution in [0.4, 0.5) is 14.5 Å². The van der Waals surface area contributed by atoms with Crippen molar-refractivity contribution in [2.24, 2.45) is 0 Å². The Morgan fingerprint density at radius 2 is 1.95 bits per heavy atom. The Morgan fingerprint density at radius 3 is 2.40 bits per heavy atom. The van der Waals surface area contributed by atoms with Gasteiger partial charge in [0.2, 0.25) is 0 Å². The summed E-state index contributed by atoms with van der Waals surface area (Å²) in [4.78, 5) is 9.92. The summed E-state index contributed by atoms with van der Waals surface area (Å²) in [5.41, 5.74) is -0.116. The molecule has 0 spiro atoms. The summed E-state index contributed by atoms with van der Waals surface area (Å²) in [6.45, 7) is 3.68. The van der Waals surface area contributed by atoms with Gasteiger partial charge in [-0.15, -0.1) is 0 Å². The van der Waals surface area contributed by atoms with E-state index in [2.05, 4.69) is 17.9 Å². The number of nitrogens with zero attached hydrogens (tertiary/aromatic N) is 1. The number of hydrogen-bond donors (Lipinski definition) is 0. The van der Waals surface area contributed by atoms with E-state index in [1.54, 1.807) is 0 Å². The van der Waals surface area contributed by atoms with Gasteiger partial charge in [-0.25, -0.2) is 0 Å². The van der Waals surface area contributed by atoms with E-state index < -0.39 is 11.5 Å². The zero-order chi connectivity index (χ0) is 15.1. The molecule has 0 saturated heterocycles. The Bertz CT molecular complexity index is 538. The molecule has 106 valence electrons. The predicted molar refractivity (Wildman–Crippen MR) is 68.2 cm³/mol. The van der Waals surface area contributed by atoms with Crippen LogP contribution in [0.15, 0.2) is 61.1 Å². The second-order valence-electron chi connectivity index (χ2n) is 3.42. The molecule has 0 heterocycles. The van der Waals surface area contributed by atoms with Gasteiger partial charge in [-0.05, 0) is 18.2 Å². The van der Waals surface area contributed by atoms with Crippen molar-refractivity contribution in [3.8, 4) is 5.75 Å². The highest BCUT2D eigenvalue weighted by Gasteiger charge is 2.12. The average Bonchev–Trinajstić information content (AvgIpc) is 2.38. The first-order valence-corrected chi connectivity index (χ1v) is 5.33. The standard InChI is InChI=1S/C13H11F2NO4/c1-3-4-12(9(2)19-13(14)15)20-11-7-5-10(6-8-11)16(17)18/h3-8,13H,1-2H2/b12-4+. The van der Waals surface area contributed by atoms with Gasteiger partial charge >= 0.3 is 6.61 Å². The monoisotopic (exact) mass is 283 g/mol. The first kappa shape index (κ1) is 15.4. The largest absolute Gasteiger partial charge is 0.453 e. The molecule has 0 amide bonds. The molecule has 0 aromatic heterocycles. The van der Waals surface area contributed by atoms with E-state index in [4.69, 9.17) is 4.74 Å². The van der Waals surface area contributed by atoms with Crippen LogP contribution in [0.2, 0.25) is 0 Å². The minimum atomic E-state index is -3.03. The molecule has 0 saturated carbocycles. The van der Waals surface area contributed by atoms with Crippen molar-refractivity contribution in [1.82, 2.24) is 0 Å². The highest BCUT2D eigenvalue weighted by atomic mass is 19.3. The molecule has 0 fully saturated rings. The highest BCUT2D eigenvalue weighted by Crippen LogP contribution is 2.22. The molecule has 5 nitrogen and oxygen atoms in total. The third-order valence-electron chi connectivity index (χ3n) is 2.05. The van der Waals surface area contributed by atoms with Crippen molar-refractivity contribution in [2.45, 2.75) is 6.61 Å². The summed E-state index contributed by atoms with van der Waals surface area (Å²) in [6, 6.07) is 5.09. The number of non-ortho nitro benzene ring substituents is 1. The molecule has 20 heavy (non-hydrogen) atoms. The normalized spacial score (nSPS) is 11.1. The maximum Gasteiger partial charge on any atom is 0.387 e. The smallest absolute Gasteiger partial charge is 0.387 e. The van der Waals surface area contributed by atoms with Gasteiger partial charge in [-0.3, -0.25) is 10.1 Å². The Kier molecular flexibility index (Phi) is 5.40. The van der Waals surface area contributed by atoms with E-state index in [1.807, 2.05) is 0 Å². The van der Waals surface area contributed by atoms with Crippen molar-refractivity contribution in [1.29, 1.82) is 0 Å². The number of ether oxygens (including phenoxy) is 2. The number of halogens is 2. The number of nitro groups is 1. The molecule has 0 bridgehead atoms. The lowest BCUT2D eigenvalue weighted by Crippen LogP contribution is -2.05. The minimum Gasteiger partial charge on any atom is -0.453 e. The topological polar surface area (TPSA) is 61.6 Å². The molecule has 1 rings (SSSR count). The van der Waals surface area contributed by atoms with Gasteiger partial charge in [-0.1, -0.05) is 19.2 Å². The minimum absolute atomic E-state index is 0.0749. The van der Waals surface area contributed by atoms with Crippen molar-refractivity contribution < 1.29 is 23.2 Å². The van der Waals surface area contributed by atoms with Crippen LogP contribution >= 0.6 is 0 Å². The molecule has 0 radical (unpaired) electrons. The molecular formula is C13H11F2NO4. The highest BCUT2D eigenvalue weighted by molar-refractivity contribution is 5.38. The van der Waals surface area contributed by atoms with E-state index in [-0.39, 0.29) is 23.0 Å². The summed E-state index contributed by atoms with van der Waals surface area (Å²) < 4.78 is 33.6. The quantitative estimate of drug-likeness (QED) is 0.330. The van der Waals surface area contributed by atoms with Gasteiger partial charge in [-0.2, -0.15) is 8.78 Å². The molecule has 0 aliphatic carbocycles. The van der Waals surface area contributed by atoms with Crippen LogP contribution in [0.25, 0.3) is 0 Å². The third kappa shape index (κ3) is 4.52. The Balaban J connectivity index is 2.86. The Hall–Kier alpha value is -2.70. The molecule has 7 heteroatoms. The summed E-state index contributed by atoms with van der Waals surface area (Å²) in [5.74, 6) is -0.241. The van der Waals surface area contributed by atoms with Crippen LogP contribution in [0, 0.1) is 10.1 Å². The van der Waals surface area contributed by atoms with E-state index in [9.17, 15) is 18.9 Å². The lowest BCUT2D eigenvalue weighted by atomic mass is 10.3. The molecule has 0 aliphatic rings. The SMILES string of the molecule is C=C/C=C(/Oc1ccc([N+](=O)[O-])cc1)C(=C)OC(F)F. The fraction of sp³-hybridized carbons (Fsp3) is 0.0769. The number of nitro benzene ring substituents is 1. The second-order valence-corrected chi connectivity index (χ2v) is 3.42. The molecular weight excluding hydrogens is 272 g/mol. The van der Waals surface area contributed by atoms with Crippen molar-refractivity contribution in [3.63, 3.8) is 0 Å². The second kappa shape index (κ2) is 7.03. The number of allylic oxidation sites excluding steroid dienone is 2. The zero-order valence-corrected chi connectivity index (χ0v) is 10.3. The predicted octanol–water partition coefficient (Wildman–Crippen LogP) is 3.80. The number of hydrogen-bond acceptors (Lipinski definition) is 4. The summed E-state index contributed by atoms with van der Waals surface area (Å²) in [5, 5.41) is 10.5. The maximum absolute atomic E-state index is 12.1. The van der Waals surface area contributed by atoms with Crippen molar-refractivity contribution >= 4 is 5.69 Å². The summed E-state index contributed by atoms with van der Waals surface area (Å²) >= 11 is 0. The van der Waals surface area contributed by atoms with Gasteiger partial charge in [0.25, 0.3) is 5.69 Å². The first-order chi connectivity index (χ1) is 9.43. The Morgan fingerprint density at radius 1 is 1.35 bits per heavy atom. The maximum atomic E-state index is 12.1. The number of rotatable bonds is 7. The summed E-state index contributed by atoms with van der Waals surface area (Å²) in [6.07, 6.45) is 2.59. The van der Waals surface area contributed by atoms with Crippen LogP contribution in [-0.2, 0) is 4.74 Å². The zero-order valence-electron chi connectivity index (χ0n) is 10.3. The Labute approximate surface area is 113 Å². The summed E-state index contributed by atoms with van der Waals surface area (Å²) in [7, 11) is 0. The fourth-order valence-electron chi connectivity index (χ4n) is 1.22. The fourth-order valence-corrected chi connectivity index (χ4v) is 1.22. The number of benzene rings is 1. The van der Waals surface area contributed by atoms with E-state index in [0.29, 0.717) is 0 Å². The van der Waals surface area contributed by atoms with Crippen LogP contribution in [-0.4, -0.2) is 11.5 Å². The first-order valence-electron chi connectivity index (χ1n) is 5.33.